The lowest BCUT2D eigenvalue weighted by Gasteiger charge is -2.35. The van der Waals surface area contributed by atoms with Crippen LogP contribution in [0, 0.1) is 5.41 Å². The van der Waals surface area contributed by atoms with Crippen LogP contribution in [0.5, 0.6) is 0 Å². The van der Waals surface area contributed by atoms with Crippen molar-refractivity contribution in [3.8, 4) is 0 Å². The van der Waals surface area contributed by atoms with Crippen LogP contribution in [0.1, 0.15) is 32.6 Å². The Morgan fingerprint density at radius 1 is 1.50 bits per heavy atom. The summed E-state index contributed by atoms with van der Waals surface area (Å²) in [5, 5.41) is 0. The minimum absolute atomic E-state index is 0.0481. The molecule has 1 aliphatic carbocycles. The maximum atomic E-state index is 10.6. The van der Waals surface area contributed by atoms with Gasteiger partial charge in [0, 0.05) is 5.41 Å². The Bertz CT molecular complexity index is 143. The van der Waals surface area contributed by atoms with Gasteiger partial charge in [0.25, 0.3) is 0 Å². The summed E-state index contributed by atoms with van der Waals surface area (Å²) in [5.41, 5.74) is 0.0481. The van der Waals surface area contributed by atoms with Crippen LogP contribution in [0.2, 0.25) is 0 Å². The zero-order valence-electron chi connectivity index (χ0n) is 6.47. The first kappa shape index (κ1) is 7.52. The van der Waals surface area contributed by atoms with Gasteiger partial charge in [-0.15, -0.1) is 0 Å². The molecule has 0 radical (unpaired) electrons. The molecule has 0 bridgehead atoms. The van der Waals surface area contributed by atoms with E-state index in [4.69, 9.17) is 0 Å². The van der Waals surface area contributed by atoms with Crippen molar-refractivity contribution in [3.63, 3.8) is 0 Å². The van der Waals surface area contributed by atoms with Gasteiger partial charge in [-0.2, -0.15) is 0 Å². The van der Waals surface area contributed by atoms with Crippen LogP contribution in [-0.4, -0.2) is 6.29 Å². The summed E-state index contributed by atoms with van der Waals surface area (Å²) >= 11 is 0. The average molecular weight is 138 g/mol. The number of hydrogen-bond donors (Lipinski definition) is 0. The van der Waals surface area contributed by atoms with Crippen molar-refractivity contribution < 1.29 is 4.79 Å². The van der Waals surface area contributed by atoms with Crippen molar-refractivity contribution in [1.82, 2.24) is 0 Å². The molecular formula is C9H14O. The number of hydrogen-bond acceptors (Lipinski definition) is 1. The second-order valence-electron chi connectivity index (χ2n) is 3.11. The quantitative estimate of drug-likeness (QED) is 0.432. The third kappa shape index (κ3) is 1.28. The molecule has 1 heteroatoms. The lowest BCUT2D eigenvalue weighted by Crippen LogP contribution is -2.30. The van der Waals surface area contributed by atoms with Gasteiger partial charge in [-0.1, -0.05) is 18.6 Å². The molecule has 0 aromatic heterocycles. The van der Waals surface area contributed by atoms with E-state index in [1.807, 2.05) is 13.0 Å². The van der Waals surface area contributed by atoms with E-state index in [1.165, 1.54) is 6.42 Å². The lowest BCUT2D eigenvalue weighted by molar-refractivity contribution is -0.120. The smallest absolute Gasteiger partial charge is 0.126 e. The van der Waals surface area contributed by atoms with Gasteiger partial charge in [-0.3, -0.25) is 0 Å². The van der Waals surface area contributed by atoms with E-state index < -0.39 is 0 Å². The summed E-state index contributed by atoms with van der Waals surface area (Å²) in [7, 11) is 0. The van der Waals surface area contributed by atoms with E-state index in [0.717, 1.165) is 25.5 Å². The first-order chi connectivity index (χ1) is 4.83. The second-order valence-corrected chi connectivity index (χ2v) is 3.11. The highest BCUT2D eigenvalue weighted by Crippen LogP contribution is 2.42. The predicted octanol–water partition coefficient (Wildman–Crippen LogP) is 2.32. The predicted molar refractivity (Wildman–Crippen MR) is 41.8 cm³/mol. The Balaban J connectivity index is 2.40. The van der Waals surface area contributed by atoms with E-state index >= 15 is 0 Å². The number of allylic oxidation sites excluding steroid dienone is 2. The van der Waals surface area contributed by atoms with Crippen LogP contribution in [-0.2, 0) is 4.79 Å². The monoisotopic (exact) mass is 138 g/mol. The van der Waals surface area contributed by atoms with Gasteiger partial charge >= 0.3 is 0 Å². The molecule has 10 heavy (non-hydrogen) atoms. The largest absolute Gasteiger partial charge is 0.303 e. The van der Waals surface area contributed by atoms with Gasteiger partial charge < -0.3 is 4.79 Å². The SMILES string of the molecule is C/C=C\CC1(C=O)CCC1. The van der Waals surface area contributed by atoms with Crippen LogP contribution in [0.3, 0.4) is 0 Å². The molecule has 1 rings (SSSR count). The Hall–Kier alpha value is -0.590. The molecule has 0 N–H and O–H groups in total. The van der Waals surface area contributed by atoms with Crippen LogP contribution in [0.25, 0.3) is 0 Å². The van der Waals surface area contributed by atoms with Crippen LogP contribution < -0.4 is 0 Å². The molecular weight excluding hydrogens is 124 g/mol. The minimum atomic E-state index is 0.0481. The van der Waals surface area contributed by atoms with E-state index in [-0.39, 0.29) is 5.41 Å². The van der Waals surface area contributed by atoms with Crippen molar-refractivity contribution in [3.05, 3.63) is 12.2 Å². The van der Waals surface area contributed by atoms with Gasteiger partial charge in [0.05, 0.1) is 0 Å². The fraction of sp³-hybridized carbons (Fsp3) is 0.667. The summed E-state index contributed by atoms with van der Waals surface area (Å²) in [6, 6.07) is 0. The second kappa shape index (κ2) is 3.00. The molecule has 0 atom stereocenters. The van der Waals surface area contributed by atoms with Crippen LogP contribution in [0.15, 0.2) is 12.2 Å². The number of carbonyl (C=O) groups is 1. The summed E-state index contributed by atoms with van der Waals surface area (Å²) in [4.78, 5) is 10.6. The molecule has 0 amide bonds. The van der Waals surface area contributed by atoms with Crippen LogP contribution in [0.4, 0.5) is 0 Å². The molecule has 0 saturated heterocycles. The molecule has 0 heterocycles. The molecule has 0 spiro atoms. The van der Waals surface area contributed by atoms with Crippen molar-refractivity contribution in [2.45, 2.75) is 32.6 Å². The van der Waals surface area contributed by atoms with E-state index in [0.29, 0.717) is 0 Å². The highest BCUT2D eigenvalue weighted by atomic mass is 16.1. The summed E-state index contributed by atoms with van der Waals surface area (Å²) in [5.74, 6) is 0. The molecule has 0 aromatic carbocycles. The van der Waals surface area contributed by atoms with Crippen molar-refractivity contribution in [1.29, 1.82) is 0 Å². The molecule has 1 saturated carbocycles. The first-order valence-corrected chi connectivity index (χ1v) is 3.90. The Morgan fingerprint density at radius 3 is 2.50 bits per heavy atom. The molecule has 1 aliphatic rings. The summed E-state index contributed by atoms with van der Waals surface area (Å²) < 4.78 is 0. The highest BCUT2D eigenvalue weighted by molar-refractivity contribution is 5.61. The van der Waals surface area contributed by atoms with Gasteiger partial charge in [-0.25, -0.2) is 0 Å². The van der Waals surface area contributed by atoms with E-state index in [2.05, 4.69) is 6.08 Å². The van der Waals surface area contributed by atoms with Gasteiger partial charge in [0.15, 0.2) is 0 Å². The topological polar surface area (TPSA) is 17.1 Å². The molecule has 56 valence electrons. The Labute approximate surface area is 62.1 Å². The number of rotatable bonds is 3. The third-order valence-corrected chi connectivity index (χ3v) is 2.36. The molecule has 1 fully saturated rings. The first-order valence-electron chi connectivity index (χ1n) is 3.90. The van der Waals surface area contributed by atoms with Crippen molar-refractivity contribution in [2.24, 2.45) is 5.41 Å². The average Bonchev–Trinajstić information content (AvgIpc) is 1.87. The molecule has 0 aromatic rings. The zero-order valence-corrected chi connectivity index (χ0v) is 6.47. The van der Waals surface area contributed by atoms with E-state index in [9.17, 15) is 4.79 Å². The third-order valence-electron chi connectivity index (χ3n) is 2.36. The normalized spacial score (nSPS) is 22.5. The van der Waals surface area contributed by atoms with E-state index in [1.54, 1.807) is 0 Å². The zero-order chi connectivity index (χ0) is 7.45. The molecule has 0 aliphatic heterocycles. The van der Waals surface area contributed by atoms with Crippen molar-refractivity contribution in [2.75, 3.05) is 0 Å². The minimum Gasteiger partial charge on any atom is -0.303 e. The molecule has 1 nitrogen and oxygen atoms in total. The fourth-order valence-electron chi connectivity index (χ4n) is 1.35. The number of carbonyl (C=O) groups excluding carboxylic acids is 1. The maximum Gasteiger partial charge on any atom is 0.126 e. The lowest BCUT2D eigenvalue weighted by atomic mass is 9.68. The summed E-state index contributed by atoms with van der Waals surface area (Å²) in [6.45, 7) is 2.00. The number of aldehydes is 1. The van der Waals surface area contributed by atoms with Crippen molar-refractivity contribution >= 4 is 6.29 Å². The fourth-order valence-corrected chi connectivity index (χ4v) is 1.35. The summed E-state index contributed by atoms with van der Waals surface area (Å²) in [6.07, 6.45) is 9.62. The van der Waals surface area contributed by atoms with Gasteiger partial charge in [0.1, 0.15) is 6.29 Å². The van der Waals surface area contributed by atoms with Crippen LogP contribution >= 0.6 is 0 Å². The highest BCUT2D eigenvalue weighted by Gasteiger charge is 2.34. The Morgan fingerprint density at radius 2 is 2.20 bits per heavy atom. The Kier molecular flexibility index (Phi) is 2.25. The van der Waals surface area contributed by atoms with Gasteiger partial charge in [-0.05, 0) is 26.2 Å². The maximum absolute atomic E-state index is 10.6. The molecule has 0 unspecified atom stereocenters. The standard InChI is InChI=1S/C9H14O/c1-2-3-5-9(8-10)6-4-7-9/h2-3,8H,4-7H2,1H3/b3-2-. The van der Waals surface area contributed by atoms with Gasteiger partial charge in [0.2, 0.25) is 0 Å².